The fourth-order valence-corrected chi connectivity index (χ4v) is 3.58. The van der Waals surface area contributed by atoms with Crippen molar-refractivity contribution in [3.05, 3.63) is 18.2 Å². The highest BCUT2D eigenvalue weighted by molar-refractivity contribution is 5.90. The van der Waals surface area contributed by atoms with Gasteiger partial charge in [-0.2, -0.15) is 0 Å². The van der Waals surface area contributed by atoms with E-state index < -0.39 is 0 Å². The lowest BCUT2D eigenvalue weighted by atomic mass is 9.91. The molecule has 0 radical (unpaired) electrons. The lowest BCUT2D eigenvalue weighted by Gasteiger charge is -2.20. The Morgan fingerprint density at radius 3 is 2.80 bits per heavy atom. The molecule has 0 spiro atoms. The first-order valence-electron chi connectivity index (χ1n) is 9.05. The van der Waals surface area contributed by atoms with Gasteiger partial charge in [-0.25, -0.2) is 4.79 Å². The minimum absolute atomic E-state index is 0.0546. The van der Waals surface area contributed by atoms with E-state index in [0.717, 1.165) is 39.1 Å². The van der Waals surface area contributed by atoms with Crippen LogP contribution in [0.25, 0.3) is 0 Å². The van der Waals surface area contributed by atoms with Gasteiger partial charge in [0.25, 0.3) is 0 Å². The molecule has 6 nitrogen and oxygen atoms in total. The van der Waals surface area contributed by atoms with Crippen LogP contribution in [-0.4, -0.2) is 50.4 Å². The second-order valence-electron chi connectivity index (χ2n) is 7.08. The highest BCUT2D eigenvalue weighted by atomic mass is 16.5. The van der Waals surface area contributed by atoms with Gasteiger partial charge in [0.15, 0.2) is 11.5 Å². The van der Waals surface area contributed by atoms with Crippen LogP contribution in [0.1, 0.15) is 26.7 Å². The van der Waals surface area contributed by atoms with Crippen LogP contribution in [0.2, 0.25) is 0 Å². The van der Waals surface area contributed by atoms with Crippen molar-refractivity contribution in [1.29, 1.82) is 0 Å². The van der Waals surface area contributed by atoms with Crippen LogP contribution in [0.15, 0.2) is 18.2 Å². The minimum Gasteiger partial charge on any atom is -0.493 e. The molecule has 2 atom stereocenters. The number of carbonyl (C=O) groups is 1. The predicted octanol–water partition coefficient (Wildman–Crippen LogP) is 3.37. The van der Waals surface area contributed by atoms with Crippen LogP contribution in [-0.2, 0) is 4.74 Å². The summed E-state index contributed by atoms with van der Waals surface area (Å²) in [6, 6.07) is 5.42. The summed E-state index contributed by atoms with van der Waals surface area (Å²) in [5.74, 6) is 2.46. The number of anilines is 1. The van der Waals surface area contributed by atoms with Gasteiger partial charge in [-0.15, -0.1) is 0 Å². The number of amides is 2. The van der Waals surface area contributed by atoms with Gasteiger partial charge in [0.2, 0.25) is 0 Å². The summed E-state index contributed by atoms with van der Waals surface area (Å²) >= 11 is 0. The summed E-state index contributed by atoms with van der Waals surface area (Å²) in [5, 5.41) is 2.97. The summed E-state index contributed by atoms with van der Waals surface area (Å²) in [5.41, 5.74) is 0.714. The number of benzene rings is 1. The van der Waals surface area contributed by atoms with Crippen LogP contribution in [0, 0.1) is 11.8 Å². The van der Waals surface area contributed by atoms with Gasteiger partial charge >= 0.3 is 6.03 Å². The molecule has 0 aliphatic carbocycles. The molecule has 2 heterocycles. The van der Waals surface area contributed by atoms with E-state index in [1.807, 2.05) is 30.9 Å². The standard InChI is InChI=1S/C19H28N2O4/c1-13(2)25-17-5-4-16(10-18(17)23-3)20-19(22)21-8-6-14(11-21)15-7-9-24-12-15/h4-5,10,13-15H,6-9,11-12H2,1-3H3,(H,20,22)/t14-,15-/m1/s1. The van der Waals surface area contributed by atoms with Gasteiger partial charge in [0.1, 0.15) is 0 Å². The first-order valence-corrected chi connectivity index (χ1v) is 9.05. The Morgan fingerprint density at radius 2 is 2.12 bits per heavy atom. The number of hydrogen-bond donors (Lipinski definition) is 1. The van der Waals surface area contributed by atoms with Gasteiger partial charge in [-0.1, -0.05) is 0 Å². The molecule has 6 heteroatoms. The second kappa shape index (κ2) is 7.95. The Balaban J connectivity index is 1.59. The molecule has 2 amide bonds. The number of likely N-dealkylation sites (tertiary alicyclic amines) is 1. The minimum atomic E-state index is -0.0546. The molecule has 2 fully saturated rings. The molecular formula is C19H28N2O4. The van der Waals surface area contributed by atoms with E-state index in [1.165, 1.54) is 0 Å². The molecule has 1 aromatic carbocycles. The van der Waals surface area contributed by atoms with Crippen molar-refractivity contribution in [2.75, 3.05) is 38.7 Å². The molecule has 1 aromatic rings. The number of carbonyl (C=O) groups excluding carboxylic acids is 1. The average Bonchev–Trinajstić information content (AvgIpc) is 3.26. The molecule has 2 aliphatic heterocycles. The third-order valence-electron chi connectivity index (χ3n) is 4.92. The van der Waals surface area contributed by atoms with Crippen LogP contribution in [0.5, 0.6) is 11.5 Å². The Hall–Kier alpha value is -1.95. The summed E-state index contributed by atoms with van der Waals surface area (Å²) in [4.78, 5) is 14.4. The van der Waals surface area contributed by atoms with Crippen molar-refractivity contribution in [3.63, 3.8) is 0 Å². The average molecular weight is 348 g/mol. The van der Waals surface area contributed by atoms with Gasteiger partial charge in [-0.3, -0.25) is 0 Å². The molecule has 0 saturated carbocycles. The van der Waals surface area contributed by atoms with Gasteiger partial charge in [0.05, 0.1) is 13.2 Å². The van der Waals surface area contributed by atoms with Crippen molar-refractivity contribution in [2.24, 2.45) is 11.8 Å². The van der Waals surface area contributed by atoms with Crippen LogP contribution >= 0.6 is 0 Å². The number of methoxy groups -OCH3 is 1. The molecule has 0 unspecified atom stereocenters. The maximum absolute atomic E-state index is 12.5. The van der Waals surface area contributed by atoms with Gasteiger partial charge in [0, 0.05) is 38.1 Å². The Bertz CT molecular complexity index is 599. The quantitative estimate of drug-likeness (QED) is 0.886. The smallest absolute Gasteiger partial charge is 0.321 e. The molecule has 138 valence electrons. The topological polar surface area (TPSA) is 60.0 Å². The summed E-state index contributed by atoms with van der Waals surface area (Å²) in [6.45, 7) is 7.25. The van der Waals surface area contributed by atoms with E-state index >= 15 is 0 Å². The first-order chi connectivity index (χ1) is 12.1. The zero-order chi connectivity index (χ0) is 17.8. The van der Waals surface area contributed by atoms with Crippen molar-refractivity contribution in [2.45, 2.75) is 32.8 Å². The van der Waals surface area contributed by atoms with Crippen molar-refractivity contribution in [1.82, 2.24) is 4.90 Å². The van der Waals surface area contributed by atoms with Crippen molar-refractivity contribution < 1.29 is 19.0 Å². The monoisotopic (exact) mass is 348 g/mol. The molecule has 2 saturated heterocycles. The van der Waals surface area contributed by atoms with Crippen molar-refractivity contribution in [3.8, 4) is 11.5 Å². The number of nitrogens with zero attached hydrogens (tertiary/aromatic N) is 1. The van der Waals surface area contributed by atoms with Crippen molar-refractivity contribution >= 4 is 11.7 Å². The number of rotatable bonds is 5. The van der Waals surface area contributed by atoms with E-state index in [9.17, 15) is 4.79 Å². The normalized spacial score (nSPS) is 23.1. The van der Waals surface area contributed by atoms with Gasteiger partial charge in [-0.05, 0) is 50.7 Å². The lowest BCUT2D eigenvalue weighted by Crippen LogP contribution is -2.33. The molecule has 0 aromatic heterocycles. The molecule has 0 bridgehead atoms. The summed E-state index contributed by atoms with van der Waals surface area (Å²) in [7, 11) is 1.60. The Kier molecular flexibility index (Phi) is 5.68. The molecular weight excluding hydrogens is 320 g/mol. The maximum atomic E-state index is 12.5. The second-order valence-corrected chi connectivity index (χ2v) is 7.08. The Labute approximate surface area is 149 Å². The van der Waals surface area contributed by atoms with Crippen LogP contribution in [0.3, 0.4) is 0 Å². The Morgan fingerprint density at radius 1 is 1.28 bits per heavy atom. The molecule has 3 rings (SSSR count). The fraction of sp³-hybridized carbons (Fsp3) is 0.632. The number of nitrogens with one attached hydrogen (secondary N) is 1. The predicted molar refractivity (Wildman–Crippen MR) is 96.4 cm³/mol. The highest BCUT2D eigenvalue weighted by Crippen LogP contribution is 2.32. The number of hydrogen-bond acceptors (Lipinski definition) is 4. The molecule has 2 aliphatic rings. The third kappa shape index (κ3) is 4.37. The van der Waals surface area contributed by atoms with Crippen LogP contribution in [0.4, 0.5) is 10.5 Å². The SMILES string of the molecule is COc1cc(NC(=O)N2CC[C@@H]([C@@H]3CCOC3)C2)ccc1OC(C)C. The largest absolute Gasteiger partial charge is 0.493 e. The van der Waals surface area contributed by atoms with E-state index in [0.29, 0.717) is 29.0 Å². The van der Waals surface area contributed by atoms with E-state index in [-0.39, 0.29) is 12.1 Å². The number of urea groups is 1. The zero-order valence-corrected chi connectivity index (χ0v) is 15.3. The highest BCUT2D eigenvalue weighted by Gasteiger charge is 2.33. The van der Waals surface area contributed by atoms with E-state index in [4.69, 9.17) is 14.2 Å². The fourth-order valence-electron chi connectivity index (χ4n) is 3.58. The zero-order valence-electron chi connectivity index (χ0n) is 15.3. The van der Waals surface area contributed by atoms with E-state index in [1.54, 1.807) is 13.2 Å². The number of ether oxygens (including phenoxy) is 3. The third-order valence-corrected chi connectivity index (χ3v) is 4.92. The molecule has 1 N–H and O–H groups in total. The summed E-state index contributed by atoms with van der Waals surface area (Å²) in [6.07, 6.45) is 2.25. The first kappa shape index (κ1) is 17.9. The van der Waals surface area contributed by atoms with Gasteiger partial charge < -0.3 is 24.4 Å². The van der Waals surface area contributed by atoms with E-state index in [2.05, 4.69) is 5.32 Å². The summed E-state index contributed by atoms with van der Waals surface area (Å²) < 4.78 is 16.6. The lowest BCUT2D eigenvalue weighted by molar-refractivity contribution is 0.171. The maximum Gasteiger partial charge on any atom is 0.321 e. The van der Waals surface area contributed by atoms with Crippen LogP contribution < -0.4 is 14.8 Å². The molecule has 25 heavy (non-hydrogen) atoms.